The van der Waals surface area contributed by atoms with Gasteiger partial charge in [0.15, 0.2) is 0 Å². The number of hydrogen-bond acceptors (Lipinski definition) is 4. The minimum atomic E-state index is -0.102. The molecule has 1 saturated carbocycles. The van der Waals surface area contributed by atoms with Crippen molar-refractivity contribution in [2.75, 3.05) is 0 Å². The van der Waals surface area contributed by atoms with Crippen molar-refractivity contribution >= 4 is 27.5 Å². The van der Waals surface area contributed by atoms with Crippen LogP contribution in [0, 0.1) is 5.92 Å². The van der Waals surface area contributed by atoms with E-state index in [-0.39, 0.29) is 24.1 Å². The van der Waals surface area contributed by atoms with Gasteiger partial charge in [-0.25, -0.2) is 4.98 Å². The maximum Gasteiger partial charge on any atom is 0.262 e. The quantitative estimate of drug-likeness (QED) is 0.936. The molecule has 2 aliphatic carbocycles. The van der Waals surface area contributed by atoms with Gasteiger partial charge in [0.05, 0.1) is 11.7 Å². The smallest absolute Gasteiger partial charge is 0.262 e. The molecule has 0 bridgehead atoms. The van der Waals surface area contributed by atoms with Crippen LogP contribution in [0.25, 0.3) is 10.2 Å². The molecule has 5 nitrogen and oxygen atoms in total. The normalized spacial score (nSPS) is 18.4. The van der Waals surface area contributed by atoms with E-state index in [1.807, 2.05) is 6.92 Å². The first kappa shape index (κ1) is 13.9. The van der Waals surface area contributed by atoms with Crippen LogP contribution >= 0.6 is 11.3 Å². The molecule has 2 aliphatic rings. The minimum absolute atomic E-state index is 0.0590. The van der Waals surface area contributed by atoms with Crippen LogP contribution in [0.3, 0.4) is 0 Å². The summed E-state index contributed by atoms with van der Waals surface area (Å²) in [5.41, 5.74) is 1.09. The lowest BCUT2D eigenvalue weighted by molar-refractivity contribution is -0.122. The van der Waals surface area contributed by atoms with E-state index in [4.69, 9.17) is 0 Å². The molecule has 4 rings (SSSR count). The van der Waals surface area contributed by atoms with Gasteiger partial charge in [0.1, 0.15) is 11.4 Å². The van der Waals surface area contributed by atoms with Gasteiger partial charge in [-0.2, -0.15) is 0 Å². The molecule has 6 heteroatoms. The van der Waals surface area contributed by atoms with E-state index in [1.165, 1.54) is 34.2 Å². The lowest BCUT2D eigenvalue weighted by Crippen LogP contribution is -2.38. The first-order valence-corrected chi connectivity index (χ1v) is 8.74. The van der Waals surface area contributed by atoms with Crippen LogP contribution in [-0.2, 0) is 24.2 Å². The molecule has 1 N–H and O–H groups in total. The van der Waals surface area contributed by atoms with Gasteiger partial charge in [0, 0.05) is 10.9 Å². The van der Waals surface area contributed by atoms with Crippen LogP contribution in [0.15, 0.2) is 11.1 Å². The summed E-state index contributed by atoms with van der Waals surface area (Å²) >= 11 is 1.63. The molecule has 0 spiro atoms. The van der Waals surface area contributed by atoms with Crippen molar-refractivity contribution in [2.24, 2.45) is 5.92 Å². The highest BCUT2D eigenvalue weighted by Crippen LogP contribution is 2.34. The number of aryl methyl sites for hydroxylation is 2. The van der Waals surface area contributed by atoms with E-state index < -0.39 is 0 Å². The van der Waals surface area contributed by atoms with Gasteiger partial charge in [-0.15, -0.1) is 11.3 Å². The molecule has 1 amide bonds. The first-order chi connectivity index (χ1) is 10.6. The topological polar surface area (TPSA) is 64.0 Å². The largest absolute Gasteiger partial charge is 0.352 e. The zero-order chi connectivity index (χ0) is 15.3. The summed E-state index contributed by atoms with van der Waals surface area (Å²) in [5.74, 6) is 0.510. The predicted molar refractivity (Wildman–Crippen MR) is 86.2 cm³/mol. The van der Waals surface area contributed by atoms with Gasteiger partial charge in [-0.3, -0.25) is 14.2 Å². The average Bonchev–Trinajstić information content (AvgIpc) is 3.13. The fraction of sp³-hybridized carbons (Fsp3) is 0.562. The maximum atomic E-state index is 12.7. The fourth-order valence-corrected chi connectivity index (χ4v) is 4.52. The molecule has 1 fully saturated rings. The lowest BCUT2D eigenvalue weighted by atomic mass is 10.2. The second-order valence-corrected chi connectivity index (χ2v) is 7.49. The standard InChI is InChI=1S/C16H19N3O2S/c1-9(10-5-6-10)18-13(20)7-19-8-17-15-14(16(19)21)11-3-2-4-12(11)22-15/h8-10H,2-7H2,1H3,(H,18,20)/t9-/m0/s1. The van der Waals surface area contributed by atoms with Crippen LogP contribution in [0.5, 0.6) is 0 Å². The number of fused-ring (bicyclic) bond motifs is 3. The van der Waals surface area contributed by atoms with E-state index in [0.717, 1.165) is 29.5 Å². The van der Waals surface area contributed by atoms with Gasteiger partial charge in [0.25, 0.3) is 5.56 Å². The van der Waals surface area contributed by atoms with E-state index in [1.54, 1.807) is 11.3 Å². The van der Waals surface area contributed by atoms with Gasteiger partial charge in [-0.1, -0.05) is 0 Å². The van der Waals surface area contributed by atoms with Crippen molar-refractivity contribution in [2.45, 2.75) is 51.6 Å². The molecule has 0 aromatic carbocycles. The SMILES string of the molecule is C[C@H](NC(=O)Cn1cnc2sc3c(c2c1=O)CCC3)C1CC1. The van der Waals surface area contributed by atoms with Crippen LogP contribution in [0.2, 0.25) is 0 Å². The minimum Gasteiger partial charge on any atom is -0.352 e. The molecule has 0 unspecified atom stereocenters. The summed E-state index contributed by atoms with van der Waals surface area (Å²) in [4.78, 5) is 31.3. The van der Waals surface area contributed by atoms with Gasteiger partial charge in [0.2, 0.25) is 5.91 Å². The third-order valence-corrected chi connectivity index (χ3v) is 5.92. The highest BCUT2D eigenvalue weighted by atomic mass is 32.1. The Morgan fingerprint density at radius 1 is 1.50 bits per heavy atom. The third-order valence-electron chi connectivity index (χ3n) is 4.72. The van der Waals surface area contributed by atoms with E-state index in [2.05, 4.69) is 10.3 Å². The van der Waals surface area contributed by atoms with Gasteiger partial charge >= 0.3 is 0 Å². The highest BCUT2D eigenvalue weighted by molar-refractivity contribution is 7.18. The number of thiophene rings is 1. The highest BCUT2D eigenvalue weighted by Gasteiger charge is 2.29. The molecular formula is C16H19N3O2S. The number of amides is 1. The average molecular weight is 317 g/mol. The summed E-state index contributed by atoms with van der Waals surface area (Å²) < 4.78 is 1.45. The number of rotatable bonds is 4. The van der Waals surface area contributed by atoms with Crippen molar-refractivity contribution in [3.8, 4) is 0 Å². The molecule has 116 valence electrons. The zero-order valence-corrected chi connectivity index (χ0v) is 13.4. The van der Waals surface area contributed by atoms with E-state index in [0.29, 0.717) is 5.92 Å². The number of nitrogens with zero attached hydrogens (tertiary/aromatic N) is 2. The van der Waals surface area contributed by atoms with Crippen LogP contribution in [0.4, 0.5) is 0 Å². The summed E-state index contributed by atoms with van der Waals surface area (Å²) in [6.45, 7) is 2.09. The van der Waals surface area contributed by atoms with Crippen LogP contribution < -0.4 is 10.9 Å². The Morgan fingerprint density at radius 3 is 3.09 bits per heavy atom. The van der Waals surface area contributed by atoms with Crippen molar-refractivity contribution < 1.29 is 4.79 Å². The molecular weight excluding hydrogens is 298 g/mol. The molecule has 0 radical (unpaired) electrons. The predicted octanol–water partition coefficient (Wildman–Crippen LogP) is 1.86. The Morgan fingerprint density at radius 2 is 2.32 bits per heavy atom. The fourth-order valence-electron chi connectivity index (χ4n) is 3.30. The van der Waals surface area contributed by atoms with Crippen molar-refractivity contribution in [3.05, 3.63) is 27.1 Å². The summed E-state index contributed by atoms with van der Waals surface area (Å²) in [7, 11) is 0. The van der Waals surface area contributed by atoms with Crippen LogP contribution in [0.1, 0.15) is 36.6 Å². The van der Waals surface area contributed by atoms with Crippen LogP contribution in [-0.4, -0.2) is 21.5 Å². The Hall–Kier alpha value is -1.69. The van der Waals surface area contributed by atoms with Crippen molar-refractivity contribution in [1.29, 1.82) is 0 Å². The van der Waals surface area contributed by atoms with Crippen molar-refractivity contribution in [3.63, 3.8) is 0 Å². The number of aromatic nitrogens is 2. The maximum absolute atomic E-state index is 12.7. The Labute approximate surface area is 132 Å². The van der Waals surface area contributed by atoms with Gasteiger partial charge < -0.3 is 5.32 Å². The molecule has 2 aromatic heterocycles. The zero-order valence-electron chi connectivity index (χ0n) is 12.6. The number of carbonyl (C=O) groups excluding carboxylic acids is 1. The van der Waals surface area contributed by atoms with Crippen molar-refractivity contribution in [1.82, 2.24) is 14.9 Å². The van der Waals surface area contributed by atoms with E-state index >= 15 is 0 Å². The Balaban J connectivity index is 1.60. The monoisotopic (exact) mass is 317 g/mol. The summed E-state index contributed by atoms with van der Waals surface area (Å²) in [6, 6.07) is 0.199. The first-order valence-electron chi connectivity index (χ1n) is 7.92. The Kier molecular flexibility index (Phi) is 3.29. The lowest BCUT2D eigenvalue weighted by Gasteiger charge is -2.13. The summed E-state index contributed by atoms with van der Waals surface area (Å²) in [6.07, 6.45) is 7.02. The molecule has 22 heavy (non-hydrogen) atoms. The van der Waals surface area contributed by atoms with Gasteiger partial charge in [-0.05, 0) is 50.5 Å². The molecule has 0 aliphatic heterocycles. The third kappa shape index (κ3) is 2.35. The molecule has 2 heterocycles. The number of hydrogen-bond donors (Lipinski definition) is 1. The summed E-state index contributed by atoms with van der Waals surface area (Å²) in [5, 5.41) is 3.73. The second-order valence-electron chi connectivity index (χ2n) is 6.41. The number of carbonyl (C=O) groups is 1. The van der Waals surface area contributed by atoms with E-state index in [9.17, 15) is 9.59 Å². The molecule has 0 saturated heterocycles. The Bertz CT molecular complexity index is 804. The second kappa shape index (κ2) is 5.19. The molecule has 1 atom stereocenters. The molecule has 2 aromatic rings. The number of nitrogens with one attached hydrogen (secondary N) is 1.